The predicted octanol–water partition coefficient (Wildman–Crippen LogP) is 0.680. The molecule has 0 saturated heterocycles. The van der Waals surface area contributed by atoms with Crippen LogP contribution in [0.4, 0.5) is 0 Å². The fourth-order valence-electron chi connectivity index (χ4n) is 1.83. The van der Waals surface area contributed by atoms with Crippen LogP contribution in [0, 0.1) is 0 Å². The van der Waals surface area contributed by atoms with E-state index in [1.165, 1.54) is 6.07 Å². The number of aromatic amines is 1. The van der Waals surface area contributed by atoms with Crippen LogP contribution in [-0.4, -0.2) is 29.0 Å². The molecule has 0 spiro atoms. The molecule has 2 heterocycles. The highest BCUT2D eigenvalue weighted by Gasteiger charge is 2.04. The summed E-state index contributed by atoms with van der Waals surface area (Å²) >= 11 is 0. The molecule has 6 heteroatoms. The fraction of sp³-hybridized carbons (Fsp3) is 0.267. The molecular weight excluding hydrogens is 268 g/mol. The normalized spacial score (nSPS) is 10.3. The first-order chi connectivity index (χ1) is 10.3. The van der Waals surface area contributed by atoms with Gasteiger partial charge in [-0.3, -0.25) is 14.6 Å². The number of carbonyl (C=O) groups is 1. The molecule has 110 valence electrons. The number of hydrogen-bond acceptors (Lipinski definition) is 4. The van der Waals surface area contributed by atoms with Crippen LogP contribution in [0.25, 0.3) is 0 Å². The molecule has 0 aliphatic rings. The van der Waals surface area contributed by atoms with Gasteiger partial charge in [0.1, 0.15) is 5.69 Å². The maximum Gasteiger partial charge on any atom is 0.267 e. The van der Waals surface area contributed by atoms with Crippen LogP contribution in [0.3, 0.4) is 0 Å². The van der Waals surface area contributed by atoms with Crippen molar-refractivity contribution >= 4 is 5.91 Å². The molecule has 0 saturated carbocycles. The lowest BCUT2D eigenvalue weighted by molar-refractivity contribution is 0.0948. The molecule has 6 nitrogen and oxygen atoms in total. The van der Waals surface area contributed by atoms with Crippen LogP contribution >= 0.6 is 0 Å². The highest BCUT2D eigenvalue weighted by atomic mass is 16.2. The number of rotatable bonds is 7. The molecule has 2 aromatic rings. The zero-order valence-electron chi connectivity index (χ0n) is 11.6. The second-order valence-corrected chi connectivity index (χ2v) is 4.58. The van der Waals surface area contributed by atoms with Gasteiger partial charge in [0.05, 0.1) is 0 Å². The van der Waals surface area contributed by atoms with E-state index in [9.17, 15) is 9.59 Å². The second kappa shape index (κ2) is 7.96. The zero-order chi connectivity index (χ0) is 14.9. The van der Waals surface area contributed by atoms with E-state index in [1.54, 1.807) is 18.3 Å². The van der Waals surface area contributed by atoms with Crippen molar-refractivity contribution in [1.82, 2.24) is 20.6 Å². The molecule has 0 unspecified atom stereocenters. The van der Waals surface area contributed by atoms with Gasteiger partial charge in [-0.25, -0.2) is 0 Å². The van der Waals surface area contributed by atoms with Crippen LogP contribution in [0.1, 0.15) is 22.5 Å². The molecule has 0 aromatic carbocycles. The molecule has 0 fully saturated rings. The molecular formula is C15H18N4O2. The number of hydrogen-bond donors (Lipinski definition) is 3. The zero-order valence-corrected chi connectivity index (χ0v) is 11.6. The number of H-pyrrole nitrogens is 1. The summed E-state index contributed by atoms with van der Waals surface area (Å²) < 4.78 is 0. The van der Waals surface area contributed by atoms with E-state index < -0.39 is 0 Å². The Morgan fingerprint density at radius 3 is 2.86 bits per heavy atom. The summed E-state index contributed by atoms with van der Waals surface area (Å²) in [5.74, 6) is -0.264. The van der Waals surface area contributed by atoms with E-state index in [4.69, 9.17) is 0 Å². The van der Waals surface area contributed by atoms with Crippen molar-refractivity contribution in [3.63, 3.8) is 0 Å². The Morgan fingerprint density at radius 2 is 2.10 bits per heavy atom. The smallest absolute Gasteiger partial charge is 0.267 e. The van der Waals surface area contributed by atoms with E-state index >= 15 is 0 Å². The van der Waals surface area contributed by atoms with Gasteiger partial charge in [0.2, 0.25) is 5.56 Å². The molecule has 2 rings (SSSR count). The molecule has 3 N–H and O–H groups in total. The third-order valence-corrected chi connectivity index (χ3v) is 2.88. The fourth-order valence-corrected chi connectivity index (χ4v) is 1.83. The van der Waals surface area contributed by atoms with Gasteiger partial charge in [-0.15, -0.1) is 0 Å². The lowest BCUT2D eigenvalue weighted by Crippen LogP contribution is -2.29. The van der Waals surface area contributed by atoms with Crippen molar-refractivity contribution in [3.05, 3.63) is 64.3 Å². The van der Waals surface area contributed by atoms with Crippen molar-refractivity contribution in [2.75, 3.05) is 13.1 Å². The average Bonchev–Trinajstić information content (AvgIpc) is 2.51. The lowest BCUT2D eigenvalue weighted by Gasteiger charge is -2.06. The van der Waals surface area contributed by atoms with Crippen LogP contribution in [-0.2, 0) is 6.54 Å². The number of pyridine rings is 2. The molecule has 2 aromatic heterocycles. The number of nitrogens with one attached hydrogen (secondary N) is 3. The minimum atomic E-state index is -0.277. The maximum atomic E-state index is 11.7. The molecule has 0 bridgehead atoms. The summed E-state index contributed by atoms with van der Waals surface area (Å²) in [7, 11) is 0. The van der Waals surface area contributed by atoms with Crippen LogP contribution < -0.4 is 16.2 Å². The Bertz CT molecular complexity index is 625. The average molecular weight is 286 g/mol. The molecule has 0 radical (unpaired) electrons. The number of amides is 1. The van der Waals surface area contributed by atoms with E-state index in [0.29, 0.717) is 6.54 Å². The lowest BCUT2D eigenvalue weighted by atomic mass is 10.3. The van der Waals surface area contributed by atoms with Gasteiger partial charge in [-0.1, -0.05) is 12.1 Å². The molecule has 21 heavy (non-hydrogen) atoms. The van der Waals surface area contributed by atoms with Gasteiger partial charge in [0.15, 0.2) is 0 Å². The SMILES string of the molecule is O=C(NCCCNCc1cccnc1)c1cccc(=O)[nH]1. The van der Waals surface area contributed by atoms with Gasteiger partial charge < -0.3 is 15.6 Å². The minimum absolute atomic E-state index is 0.264. The van der Waals surface area contributed by atoms with Gasteiger partial charge >= 0.3 is 0 Å². The van der Waals surface area contributed by atoms with Gasteiger partial charge in [0.25, 0.3) is 5.91 Å². The number of nitrogens with zero attached hydrogens (tertiary/aromatic N) is 1. The Labute approximate surface area is 122 Å². The number of carbonyl (C=O) groups excluding carboxylic acids is 1. The van der Waals surface area contributed by atoms with E-state index in [0.717, 1.165) is 25.1 Å². The summed E-state index contributed by atoms with van der Waals surface area (Å²) in [5, 5.41) is 6.04. The number of aromatic nitrogens is 2. The third kappa shape index (κ3) is 5.19. The van der Waals surface area contributed by atoms with Gasteiger partial charge in [0, 0.05) is 31.5 Å². The maximum absolute atomic E-state index is 11.7. The van der Waals surface area contributed by atoms with Crippen molar-refractivity contribution < 1.29 is 4.79 Å². The van der Waals surface area contributed by atoms with E-state index in [1.807, 2.05) is 18.3 Å². The molecule has 1 amide bonds. The topological polar surface area (TPSA) is 86.9 Å². The third-order valence-electron chi connectivity index (χ3n) is 2.88. The van der Waals surface area contributed by atoms with Crippen LogP contribution in [0.2, 0.25) is 0 Å². The summed E-state index contributed by atoms with van der Waals surface area (Å²) in [6.45, 7) is 2.10. The molecule has 0 aliphatic heterocycles. The standard InChI is InChI=1S/C15H18N4O2/c20-14-6-1-5-13(19-14)15(21)18-9-3-8-17-11-12-4-2-7-16-10-12/h1-2,4-7,10,17H,3,8-9,11H2,(H,18,21)(H,19,20). The molecule has 0 aliphatic carbocycles. The van der Waals surface area contributed by atoms with Crippen LogP contribution in [0.15, 0.2) is 47.5 Å². The quantitative estimate of drug-likeness (QED) is 0.653. The highest BCUT2D eigenvalue weighted by molar-refractivity contribution is 5.92. The van der Waals surface area contributed by atoms with E-state index in [2.05, 4.69) is 20.6 Å². The molecule has 0 atom stereocenters. The van der Waals surface area contributed by atoms with Crippen molar-refractivity contribution in [2.24, 2.45) is 0 Å². The van der Waals surface area contributed by atoms with Crippen molar-refractivity contribution in [2.45, 2.75) is 13.0 Å². The van der Waals surface area contributed by atoms with Crippen molar-refractivity contribution in [3.8, 4) is 0 Å². The largest absolute Gasteiger partial charge is 0.351 e. The first-order valence-electron chi connectivity index (χ1n) is 6.83. The Morgan fingerprint density at radius 1 is 1.19 bits per heavy atom. The highest BCUT2D eigenvalue weighted by Crippen LogP contribution is 1.94. The Kier molecular flexibility index (Phi) is 5.66. The second-order valence-electron chi connectivity index (χ2n) is 4.58. The predicted molar refractivity (Wildman–Crippen MR) is 80.0 cm³/mol. The monoisotopic (exact) mass is 286 g/mol. The van der Waals surface area contributed by atoms with Gasteiger partial charge in [-0.05, 0) is 30.7 Å². The first kappa shape index (κ1) is 14.9. The van der Waals surface area contributed by atoms with E-state index in [-0.39, 0.29) is 17.2 Å². The van der Waals surface area contributed by atoms with Gasteiger partial charge in [-0.2, -0.15) is 0 Å². The Balaban J connectivity index is 1.61. The Hall–Kier alpha value is -2.47. The van der Waals surface area contributed by atoms with Crippen molar-refractivity contribution in [1.29, 1.82) is 0 Å². The summed E-state index contributed by atoms with van der Waals surface area (Å²) in [5.41, 5.74) is 1.13. The summed E-state index contributed by atoms with van der Waals surface area (Å²) in [6.07, 6.45) is 4.37. The summed E-state index contributed by atoms with van der Waals surface area (Å²) in [4.78, 5) is 29.4. The summed E-state index contributed by atoms with van der Waals surface area (Å²) in [6, 6.07) is 8.42. The first-order valence-corrected chi connectivity index (χ1v) is 6.83. The van der Waals surface area contributed by atoms with Crippen LogP contribution in [0.5, 0.6) is 0 Å². The minimum Gasteiger partial charge on any atom is -0.351 e.